The molecule has 0 aliphatic heterocycles. The van der Waals surface area contributed by atoms with Gasteiger partial charge in [-0.05, 0) is 24.1 Å². The fourth-order valence-corrected chi connectivity index (χ4v) is 1.90. The molecule has 0 bridgehead atoms. The van der Waals surface area contributed by atoms with Crippen LogP contribution in [0.1, 0.15) is 31.4 Å². The highest BCUT2D eigenvalue weighted by molar-refractivity contribution is 5.85. The Morgan fingerprint density at radius 1 is 1.24 bits per heavy atom. The largest absolute Gasteiger partial charge is 0.467 e. The lowest BCUT2D eigenvalue weighted by atomic mass is 10.0. The molecular weight excluding hydrogens is 287 g/mol. The van der Waals surface area contributed by atoms with E-state index in [4.69, 9.17) is 0 Å². The minimum atomic E-state index is -1.63. The van der Waals surface area contributed by atoms with E-state index in [9.17, 15) is 22.8 Å². The molecule has 0 aromatic heterocycles. The minimum Gasteiger partial charge on any atom is -0.467 e. The number of benzene rings is 1. The van der Waals surface area contributed by atoms with E-state index in [0.717, 1.165) is 12.0 Å². The molecule has 0 aliphatic carbocycles. The van der Waals surface area contributed by atoms with Crippen LogP contribution in [0.5, 0.6) is 0 Å². The first-order valence-electron chi connectivity index (χ1n) is 6.31. The maximum Gasteiger partial charge on any atom is 0.333 e. The van der Waals surface area contributed by atoms with Crippen LogP contribution >= 0.6 is 0 Å². The van der Waals surface area contributed by atoms with Crippen LogP contribution in [-0.2, 0) is 14.3 Å². The van der Waals surface area contributed by atoms with Gasteiger partial charge in [-0.3, -0.25) is 4.79 Å². The molecule has 1 atom stereocenters. The van der Waals surface area contributed by atoms with Crippen LogP contribution in [0.15, 0.2) is 12.1 Å². The number of nitrogens with zero attached hydrogens (tertiary/aromatic N) is 1. The quantitative estimate of drug-likeness (QED) is 0.620. The summed E-state index contributed by atoms with van der Waals surface area (Å²) in [5.74, 6) is -5.76. The average molecular weight is 303 g/mol. The van der Waals surface area contributed by atoms with Crippen molar-refractivity contribution in [2.45, 2.75) is 25.8 Å². The Balaban J connectivity index is 3.26. The molecule has 116 valence electrons. The third kappa shape index (κ3) is 3.74. The van der Waals surface area contributed by atoms with Crippen molar-refractivity contribution in [3.63, 3.8) is 0 Å². The summed E-state index contributed by atoms with van der Waals surface area (Å²) in [7, 11) is 2.41. The second-order valence-corrected chi connectivity index (χ2v) is 4.48. The maximum absolute atomic E-state index is 13.3. The lowest BCUT2D eigenvalue weighted by Gasteiger charge is -2.26. The number of carbonyl (C=O) groups is 2. The van der Waals surface area contributed by atoms with Crippen molar-refractivity contribution in [1.29, 1.82) is 0 Å². The third-order valence-electron chi connectivity index (χ3n) is 2.99. The van der Waals surface area contributed by atoms with Crippen molar-refractivity contribution in [2.24, 2.45) is 0 Å². The molecule has 0 unspecified atom stereocenters. The summed E-state index contributed by atoms with van der Waals surface area (Å²) in [5, 5.41) is 0. The number of ether oxygens (including phenoxy) is 1. The first-order valence-corrected chi connectivity index (χ1v) is 6.31. The molecule has 0 fully saturated rings. The third-order valence-corrected chi connectivity index (χ3v) is 2.99. The van der Waals surface area contributed by atoms with E-state index in [2.05, 4.69) is 4.74 Å². The summed E-state index contributed by atoms with van der Waals surface area (Å²) in [5.41, 5.74) is -0.190. The summed E-state index contributed by atoms with van der Waals surface area (Å²) in [6, 6.07) is 0.0180. The van der Waals surface area contributed by atoms with Crippen molar-refractivity contribution >= 4 is 11.9 Å². The van der Waals surface area contributed by atoms with Gasteiger partial charge in [0, 0.05) is 13.5 Å². The highest BCUT2D eigenvalue weighted by Crippen LogP contribution is 2.25. The smallest absolute Gasteiger partial charge is 0.333 e. The second-order valence-electron chi connectivity index (χ2n) is 4.48. The Kier molecular flexibility index (Phi) is 5.75. The van der Waals surface area contributed by atoms with Gasteiger partial charge in [0.15, 0.2) is 23.5 Å². The van der Waals surface area contributed by atoms with Crippen LogP contribution in [0, 0.1) is 17.5 Å². The maximum atomic E-state index is 13.3. The average Bonchev–Trinajstić information content (AvgIpc) is 2.44. The number of likely N-dealkylation sites (N-methyl/N-ethyl adjacent to an activating group) is 1. The lowest BCUT2D eigenvalue weighted by molar-refractivity contribution is -0.152. The van der Waals surface area contributed by atoms with Gasteiger partial charge in [0.1, 0.15) is 0 Å². The minimum absolute atomic E-state index is 0.163. The number of methoxy groups -OCH3 is 1. The van der Waals surface area contributed by atoms with Gasteiger partial charge >= 0.3 is 5.97 Å². The zero-order chi connectivity index (χ0) is 16.2. The topological polar surface area (TPSA) is 46.6 Å². The molecule has 0 heterocycles. The van der Waals surface area contributed by atoms with Gasteiger partial charge in [0.2, 0.25) is 5.91 Å². The second kappa shape index (κ2) is 7.10. The van der Waals surface area contributed by atoms with Crippen molar-refractivity contribution in [3.8, 4) is 0 Å². The van der Waals surface area contributed by atoms with E-state index in [-0.39, 0.29) is 12.0 Å². The molecule has 0 spiro atoms. The Bertz CT molecular complexity index is 525. The summed E-state index contributed by atoms with van der Waals surface area (Å²) < 4.78 is 44.2. The molecule has 1 rings (SSSR count). The molecular formula is C14H16F3NO3. The van der Waals surface area contributed by atoms with Crippen molar-refractivity contribution < 1.29 is 27.5 Å². The molecule has 21 heavy (non-hydrogen) atoms. The van der Waals surface area contributed by atoms with Crippen LogP contribution in [0.3, 0.4) is 0 Å². The predicted octanol–water partition coefficient (Wildman–Crippen LogP) is 2.58. The monoisotopic (exact) mass is 303 g/mol. The number of hydrogen-bond donors (Lipinski definition) is 0. The zero-order valence-electron chi connectivity index (χ0n) is 12.0. The van der Waals surface area contributed by atoms with E-state index in [0.29, 0.717) is 18.6 Å². The van der Waals surface area contributed by atoms with E-state index in [1.165, 1.54) is 7.05 Å². The molecule has 0 saturated heterocycles. The van der Waals surface area contributed by atoms with Crippen molar-refractivity contribution in [2.75, 3.05) is 14.2 Å². The molecule has 0 saturated carbocycles. The summed E-state index contributed by atoms with van der Waals surface area (Å²) in [6.07, 6.45) is 0.708. The van der Waals surface area contributed by atoms with E-state index in [1.54, 1.807) is 6.92 Å². The Morgan fingerprint density at radius 3 is 2.19 bits per heavy atom. The van der Waals surface area contributed by atoms with E-state index in [1.807, 2.05) is 0 Å². The molecule has 0 aliphatic rings. The Hall–Kier alpha value is -2.05. The lowest BCUT2D eigenvalue weighted by Crippen LogP contribution is -2.36. The van der Waals surface area contributed by atoms with Gasteiger partial charge in [-0.1, -0.05) is 6.92 Å². The van der Waals surface area contributed by atoms with E-state index >= 15 is 0 Å². The van der Waals surface area contributed by atoms with Gasteiger partial charge in [-0.15, -0.1) is 0 Å². The van der Waals surface area contributed by atoms with Gasteiger partial charge < -0.3 is 9.64 Å². The molecule has 0 N–H and O–H groups in total. The van der Waals surface area contributed by atoms with Gasteiger partial charge in [-0.25, -0.2) is 18.0 Å². The molecule has 7 heteroatoms. The molecule has 1 aromatic carbocycles. The standard InChI is InChI=1S/C14H16F3NO3/c1-4-5-11(19)18(2)13(14(20)21-3)8-6-9(15)12(17)10(16)7-8/h6-7,13H,4-5H2,1-3H3/t13-/m1/s1. The van der Waals surface area contributed by atoms with E-state index < -0.39 is 35.4 Å². The highest BCUT2D eigenvalue weighted by Gasteiger charge is 2.30. The molecule has 0 radical (unpaired) electrons. The number of carbonyl (C=O) groups excluding carboxylic acids is 2. The Morgan fingerprint density at radius 2 is 1.76 bits per heavy atom. The fourth-order valence-electron chi connectivity index (χ4n) is 1.90. The first kappa shape index (κ1) is 17.0. The number of amides is 1. The first-order chi connectivity index (χ1) is 9.83. The fraction of sp³-hybridized carbons (Fsp3) is 0.429. The van der Waals surface area contributed by atoms with Gasteiger partial charge in [-0.2, -0.15) is 0 Å². The number of hydrogen-bond acceptors (Lipinski definition) is 3. The number of halogens is 3. The number of rotatable bonds is 5. The molecule has 1 aromatic rings. The van der Waals surface area contributed by atoms with Crippen LogP contribution in [0.25, 0.3) is 0 Å². The summed E-state index contributed by atoms with van der Waals surface area (Å²) in [6.45, 7) is 1.77. The summed E-state index contributed by atoms with van der Waals surface area (Å²) >= 11 is 0. The van der Waals surface area contributed by atoms with Crippen LogP contribution in [0.2, 0.25) is 0 Å². The van der Waals surface area contributed by atoms with Crippen LogP contribution in [-0.4, -0.2) is 30.9 Å². The van der Waals surface area contributed by atoms with Crippen LogP contribution in [0.4, 0.5) is 13.2 Å². The van der Waals surface area contributed by atoms with Crippen molar-refractivity contribution in [3.05, 3.63) is 35.1 Å². The van der Waals surface area contributed by atoms with Crippen LogP contribution < -0.4 is 0 Å². The zero-order valence-corrected chi connectivity index (χ0v) is 12.0. The normalized spacial score (nSPS) is 11.9. The molecule has 4 nitrogen and oxygen atoms in total. The summed E-state index contributed by atoms with van der Waals surface area (Å²) in [4.78, 5) is 24.7. The SMILES string of the molecule is CCCC(=O)N(C)[C@@H](C(=O)OC)c1cc(F)c(F)c(F)c1. The Labute approximate surface area is 120 Å². The predicted molar refractivity (Wildman–Crippen MR) is 68.8 cm³/mol. The number of esters is 1. The van der Waals surface area contributed by atoms with Crippen molar-refractivity contribution in [1.82, 2.24) is 4.90 Å². The highest BCUT2D eigenvalue weighted by atomic mass is 19.2. The molecule has 1 amide bonds. The van der Waals surface area contributed by atoms with Gasteiger partial charge in [0.25, 0.3) is 0 Å². The van der Waals surface area contributed by atoms with Gasteiger partial charge in [0.05, 0.1) is 7.11 Å².